The van der Waals surface area contributed by atoms with Gasteiger partial charge in [-0.25, -0.2) is 0 Å². The number of rotatable bonds is 6. The standard InChI is InChI=1S/C18H25ClN2O4/c1-23-17-3-2-14(19)10-15(17)18(22)20-11-16(13-4-7-25-12-13)21-5-8-24-9-6-21/h2-3,10,13,16H,4-9,11-12H2,1H3,(H,20,22)/t13-,16-/m1/s1. The van der Waals surface area contributed by atoms with Gasteiger partial charge >= 0.3 is 0 Å². The van der Waals surface area contributed by atoms with E-state index in [2.05, 4.69) is 10.2 Å². The van der Waals surface area contributed by atoms with Crippen molar-refractivity contribution in [3.63, 3.8) is 0 Å². The Morgan fingerprint density at radius 3 is 2.84 bits per heavy atom. The summed E-state index contributed by atoms with van der Waals surface area (Å²) in [5.74, 6) is 0.783. The number of amides is 1. The number of benzene rings is 1. The first kappa shape index (κ1) is 18.5. The van der Waals surface area contributed by atoms with E-state index in [1.807, 2.05) is 0 Å². The second-order valence-corrected chi connectivity index (χ2v) is 6.83. The van der Waals surface area contributed by atoms with Gasteiger partial charge in [-0.05, 0) is 24.6 Å². The van der Waals surface area contributed by atoms with Crippen LogP contribution < -0.4 is 10.1 Å². The topological polar surface area (TPSA) is 60.0 Å². The molecule has 1 amide bonds. The molecule has 0 saturated carbocycles. The van der Waals surface area contributed by atoms with Crippen LogP contribution in [0.2, 0.25) is 5.02 Å². The zero-order chi connectivity index (χ0) is 17.6. The van der Waals surface area contributed by atoms with Crippen molar-refractivity contribution in [1.82, 2.24) is 10.2 Å². The molecule has 6 nitrogen and oxygen atoms in total. The molecule has 3 rings (SSSR count). The highest BCUT2D eigenvalue weighted by atomic mass is 35.5. The molecule has 2 fully saturated rings. The van der Waals surface area contributed by atoms with E-state index in [9.17, 15) is 4.79 Å². The highest BCUT2D eigenvalue weighted by Crippen LogP contribution is 2.24. The molecule has 2 heterocycles. The number of morpholine rings is 1. The molecule has 138 valence electrons. The highest BCUT2D eigenvalue weighted by molar-refractivity contribution is 6.31. The van der Waals surface area contributed by atoms with Gasteiger partial charge in [-0.1, -0.05) is 11.6 Å². The predicted octanol–water partition coefficient (Wildman–Crippen LogP) is 1.82. The number of carbonyl (C=O) groups excluding carboxylic acids is 1. The van der Waals surface area contributed by atoms with E-state index in [1.54, 1.807) is 25.3 Å². The maximum absolute atomic E-state index is 12.7. The van der Waals surface area contributed by atoms with Crippen LogP contribution in [0.3, 0.4) is 0 Å². The lowest BCUT2D eigenvalue weighted by atomic mass is 9.96. The third kappa shape index (κ3) is 4.64. The molecule has 0 aromatic heterocycles. The smallest absolute Gasteiger partial charge is 0.255 e. The number of nitrogens with one attached hydrogen (secondary N) is 1. The Kier molecular flexibility index (Phi) is 6.53. The number of nitrogens with zero attached hydrogens (tertiary/aromatic N) is 1. The second-order valence-electron chi connectivity index (χ2n) is 6.39. The van der Waals surface area contributed by atoms with E-state index in [0.29, 0.717) is 28.8 Å². The van der Waals surface area contributed by atoms with Crippen LogP contribution in [0.1, 0.15) is 16.8 Å². The first-order valence-corrected chi connectivity index (χ1v) is 9.08. The monoisotopic (exact) mass is 368 g/mol. The van der Waals surface area contributed by atoms with Crippen molar-refractivity contribution >= 4 is 17.5 Å². The molecule has 1 aromatic rings. The number of hydrogen-bond acceptors (Lipinski definition) is 5. The Bertz CT molecular complexity index is 586. The Labute approximate surface area is 153 Å². The molecule has 2 aliphatic heterocycles. The minimum atomic E-state index is -0.170. The lowest BCUT2D eigenvalue weighted by Crippen LogP contribution is -2.52. The average Bonchev–Trinajstić information content (AvgIpc) is 3.17. The third-order valence-corrected chi connectivity index (χ3v) is 5.14. The van der Waals surface area contributed by atoms with E-state index in [1.165, 1.54) is 0 Å². The molecule has 0 unspecified atom stereocenters. The number of carbonyl (C=O) groups is 1. The molecular weight excluding hydrogens is 344 g/mol. The van der Waals surface area contributed by atoms with Gasteiger partial charge in [0, 0.05) is 43.2 Å². The molecule has 0 radical (unpaired) electrons. The molecule has 2 atom stereocenters. The minimum absolute atomic E-state index is 0.170. The summed E-state index contributed by atoms with van der Waals surface area (Å²) in [6, 6.07) is 5.31. The first-order valence-electron chi connectivity index (χ1n) is 8.70. The van der Waals surface area contributed by atoms with Crippen LogP contribution >= 0.6 is 11.6 Å². The van der Waals surface area contributed by atoms with Crippen LogP contribution in [0, 0.1) is 5.92 Å². The van der Waals surface area contributed by atoms with Crippen molar-refractivity contribution in [1.29, 1.82) is 0 Å². The fourth-order valence-electron chi connectivity index (χ4n) is 3.51. The van der Waals surface area contributed by atoms with Crippen LogP contribution in [0.4, 0.5) is 0 Å². The van der Waals surface area contributed by atoms with Gasteiger partial charge in [0.1, 0.15) is 5.75 Å². The van der Waals surface area contributed by atoms with Crippen LogP contribution in [-0.2, 0) is 9.47 Å². The van der Waals surface area contributed by atoms with Crippen molar-refractivity contribution in [3.05, 3.63) is 28.8 Å². The zero-order valence-corrected chi connectivity index (χ0v) is 15.3. The normalized spacial score (nSPS) is 22.6. The lowest BCUT2D eigenvalue weighted by Gasteiger charge is -2.37. The maximum Gasteiger partial charge on any atom is 0.255 e. The van der Waals surface area contributed by atoms with Crippen LogP contribution in [0.25, 0.3) is 0 Å². The third-order valence-electron chi connectivity index (χ3n) is 4.90. The molecule has 7 heteroatoms. The Hall–Kier alpha value is -1.34. The van der Waals surface area contributed by atoms with Gasteiger partial charge in [-0.3, -0.25) is 9.69 Å². The molecular formula is C18H25ClN2O4. The average molecular weight is 369 g/mol. The van der Waals surface area contributed by atoms with Crippen LogP contribution in [0.15, 0.2) is 18.2 Å². The van der Waals surface area contributed by atoms with E-state index in [4.69, 9.17) is 25.8 Å². The summed E-state index contributed by atoms with van der Waals surface area (Å²) in [6.45, 7) is 5.36. The van der Waals surface area contributed by atoms with E-state index in [0.717, 1.165) is 45.9 Å². The van der Waals surface area contributed by atoms with Gasteiger partial charge in [-0.15, -0.1) is 0 Å². The summed E-state index contributed by atoms with van der Waals surface area (Å²) in [5, 5.41) is 3.57. The van der Waals surface area contributed by atoms with Crippen LogP contribution in [-0.4, -0.2) is 70.0 Å². The van der Waals surface area contributed by atoms with Gasteiger partial charge in [0.15, 0.2) is 0 Å². The van der Waals surface area contributed by atoms with E-state index < -0.39 is 0 Å². The van der Waals surface area contributed by atoms with Crippen molar-refractivity contribution in [2.75, 3.05) is 53.2 Å². The number of methoxy groups -OCH3 is 1. The Balaban J connectivity index is 1.67. The lowest BCUT2D eigenvalue weighted by molar-refractivity contribution is 0.00166. The molecule has 0 bridgehead atoms. The SMILES string of the molecule is COc1ccc(Cl)cc1C(=O)NC[C@H]([C@@H]1CCOC1)N1CCOCC1. The van der Waals surface area contributed by atoms with Gasteiger partial charge in [0.2, 0.25) is 0 Å². The van der Waals surface area contributed by atoms with Crippen molar-refractivity contribution in [2.45, 2.75) is 12.5 Å². The fourth-order valence-corrected chi connectivity index (χ4v) is 3.68. The summed E-state index contributed by atoms with van der Waals surface area (Å²) in [6.07, 6.45) is 1.03. The Morgan fingerprint density at radius 1 is 1.36 bits per heavy atom. The van der Waals surface area contributed by atoms with Gasteiger partial charge in [-0.2, -0.15) is 0 Å². The van der Waals surface area contributed by atoms with Crippen molar-refractivity contribution < 1.29 is 19.0 Å². The molecule has 0 aliphatic carbocycles. The molecule has 0 spiro atoms. The van der Waals surface area contributed by atoms with Crippen LogP contribution in [0.5, 0.6) is 5.75 Å². The summed E-state index contributed by atoms with van der Waals surface area (Å²) in [5.41, 5.74) is 0.457. The van der Waals surface area contributed by atoms with Crippen molar-refractivity contribution in [2.24, 2.45) is 5.92 Å². The minimum Gasteiger partial charge on any atom is -0.496 e. The number of hydrogen-bond donors (Lipinski definition) is 1. The second kappa shape index (κ2) is 8.85. The molecule has 2 aliphatic rings. The van der Waals surface area contributed by atoms with Gasteiger partial charge in [0.05, 0.1) is 32.5 Å². The largest absolute Gasteiger partial charge is 0.496 e. The van der Waals surface area contributed by atoms with Gasteiger partial charge in [0.25, 0.3) is 5.91 Å². The summed E-state index contributed by atoms with van der Waals surface area (Å²) in [7, 11) is 1.55. The number of halogens is 1. The maximum atomic E-state index is 12.7. The predicted molar refractivity (Wildman–Crippen MR) is 95.4 cm³/mol. The summed E-state index contributed by atoms with van der Waals surface area (Å²) in [4.78, 5) is 15.1. The molecule has 2 saturated heterocycles. The Morgan fingerprint density at radius 2 is 2.16 bits per heavy atom. The molecule has 1 aromatic carbocycles. The van der Waals surface area contributed by atoms with Crippen molar-refractivity contribution in [3.8, 4) is 5.75 Å². The summed E-state index contributed by atoms with van der Waals surface area (Å²) >= 11 is 6.03. The molecule has 1 N–H and O–H groups in total. The van der Waals surface area contributed by atoms with E-state index >= 15 is 0 Å². The highest BCUT2D eigenvalue weighted by Gasteiger charge is 2.32. The number of ether oxygens (including phenoxy) is 3. The fraction of sp³-hybridized carbons (Fsp3) is 0.611. The van der Waals surface area contributed by atoms with E-state index in [-0.39, 0.29) is 11.9 Å². The van der Waals surface area contributed by atoms with Gasteiger partial charge < -0.3 is 19.5 Å². The quantitative estimate of drug-likeness (QED) is 0.830. The zero-order valence-electron chi connectivity index (χ0n) is 14.5. The molecule has 25 heavy (non-hydrogen) atoms. The first-order chi connectivity index (χ1) is 12.2. The summed E-state index contributed by atoms with van der Waals surface area (Å²) < 4.78 is 16.3.